The van der Waals surface area contributed by atoms with Gasteiger partial charge in [-0.2, -0.15) is 0 Å². The van der Waals surface area contributed by atoms with Crippen molar-refractivity contribution in [1.29, 1.82) is 0 Å². The van der Waals surface area contributed by atoms with E-state index < -0.39 is 36.0 Å². The first-order valence-electron chi connectivity index (χ1n) is 12.9. The number of hydrogen-bond donors (Lipinski definition) is 4. The molecular formula is C33H28N2O5. The number of hydrogen-bond acceptors (Lipinski definition) is 4. The van der Waals surface area contributed by atoms with E-state index in [1.807, 2.05) is 54.6 Å². The third-order valence-electron chi connectivity index (χ3n) is 6.97. The Morgan fingerprint density at radius 1 is 0.675 bits per heavy atom. The largest absolute Gasteiger partial charge is 0.480 e. The van der Waals surface area contributed by atoms with Crippen LogP contribution in [0.5, 0.6) is 0 Å². The molecule has 2 amide bonds. The second-order valence-corrected chi connectivity index (χ2v) is 9.57. The number of rotatable bonds is 9. The van der Waals surface area contributed by atoms with Gasteiger partial charge in [-0.05, 0) is 50.9 Å². The number of aliphatic hydroxyl groups is 1. The molecule has 0 saturated heterocycles. The molecule has 40 heavy (non-hydrogen) atoms. The second-order valence-electron chi connectivity index (χ2n) is 9.57. The predicted molar refractivity (Wildman–Crippen MR) is 154 cm³/mol. The lowest BCUT2D eigenvalue weighted by molar-refractivity contribution is -0.143. The zero-order chi connectivity index (χ0) is 28.1. The van der Waals surface area contributed by atoms with Crippen LogP contribution in [0.3, 0.4) is 0 Å². The summed E-state index contributed by atoms with van der Waals surface area (Å²) < 4.78 is 0. The molecule has 0 aliphatic heterocycles. The number of carboxylic acids is 1. The van der Waals surface area contributed by atoms with Crippen molar-refractivity contribution in [3.63, 3.8) is 0 Å². The highest BCUT2D eigenvalue weighted by Crippen LogP contribution is 2.29. The summed E-state index contributed by atoms with van der Waals surface area (Å²) in [6.07, 6.45) is -1.75. The number of carbonyl (C=O) groups excluding carboxylic acids is 2. The summed E-state index contributed by atoms with van der Waals surface area (Å²) in [6.45, 7) is 0. The Morgan fingerprint density at radius 2 is 1.20 bits per heavy atom. The van der Waals surface area contributed by atoms with Gasteiger partial charge in [-0.15, -0.1) is 0 Å². The Hall–Kier alpha value is -5.01. The molecule has 0 unspecified atom stereocenters. The number of carbonyl (C=O) groups is 3. The predicted octanol–water partition coefficient (Wildman–Crippen LogP) is 4.64. The van der Waals surface area contributed by atoms with Gasteiger partial charge in [0.15, 0.2) is 6.10 Å². The SMILES string of the molecule is O=C(N[C@@H](c1ccccc1)[C@@H](O)C(=O)N[C@@H](Cc1c2ccccc2cc2ccccc12)C(=O)O)c1ccccc1. The summed E-state index contributed by atoms with van der Waals surface area (Å²) in [6, 6.07) is 32.1. The Morgan fingerprint density at radius 3 is 1.77 bits per heavy atom. The quantitative estimate of drug-likeness (QED) is 0.207. The first kappa shape index (κ1) is 26.6. The standard InChI is InChI=1S/C33H28N2O5/c36-30(29(21-11-3-1-4-12-21)35-31(37)22-13-5-2-6-14-22)32(38)34-28(33(39)40)20-27-25-17-9-7-15-23(25)19-24-16-8-10-18-26(24)27/h1-19,28-30,36H,20H2,(H,34,38)(H,35,37)(H,39,40)/t28-,29-,30+/m0/s1. The van der Waals surface area contributed by atoms with Crippen LogP contribution in [0.4, 0.5) is 0 Å². The van der Waals surface area contributed by atoms with Crippen molar-refractivity contribution < 1.29 is 24.6 Å². The van der Waals surface area contributed by atoms with E-state index in [4.69, 9.17) is 0 Å². The van der Waals surface area contributed by atoms with Gasteiger partial charge in [0.2, 0.25) is 0 Å². The maximum atomic E-state index is 13.3. The molecule has 0 bridgehead atoms. The fourth-order valence-electron chi connectivity index (χ4n) is 4.96. The van der Waals surface area contributed by atoms with E-state index in [1.54, 1.807) is 60.7 Å². The fourth-order valence-corrected chi connectivity index (χ4v) is 4.96. The highest BCUT2D eigenvalue weighted by atomic mass is 16.4. The minimum atomic E-state index is -1.75. The highest BCUT2D eigenvalue weighted by Gasteiger charge is 2.32. The van der Waals surface area contributed by atoms with Crippen molar-refractivity contribution >= 4 is 39.3 Å². The van der Waals surface area contributed by atoms with Crippen LogP contribution >= 0.6 is 0 Å². The van der Waals surface area contributed by atoms with Gasteiger partial charge < -0.3 is 20.8 Å². The van der Waals surface area contributed by atoms with E-state index in [0.717, 1.165) is 27.1 Å². The van der Waals surface area contributed by atoms with Gasteiger partial charge in [0.05, 0.1) is 6.04 Å². The monoisotopic (exact) mass is 532 g/mol. The molecule has 0 heterocycles. The third-order valence-corrected chi connectivity index (χ3v) is 6.97. The van der Waals surface area contributed by atoms with Crippen molar-refractivity contribution in [2.75, 3.05) is 0 Å². The molecule has 7 nitrogen and oxygen atoms in total. The van der Waals surface area contributed by atoms with Crippen LogP contribution in [0, 0.1) is 0 Å². The number of aliphatic carboxylic acids is 1. The lowest BCUT2D eigenvalue weighted by Gasteiger charge is -2.26. The number of carboxylic acid groups (broad SMARTS) is 1. The Balaban J connectivity index is 1.43. The molecular weight excluding hydrogens is 504 g/mol. The summed E-state index contributed by atoms with van der Waals surface area (Å²) in [7, 11) is 0. The van der Waals surface area contributed by atoms with E-state index >= 15 is 0 Å². The summed E-state index contributed by atoms with van der Waals surface area (Å²) in [5.41, 5.74) is 1.65. The van der Waals surface area contributed by atoms with Gasteiger partial charge >= 0.3 is 5.97 Å². The molecule has 5 rings (SSSR count). The Labute approximate surface area is 231 Å². The first-order chi connectivity index (χ1) is 19.4. The average Bonchev–Trinajstić information content (AvgIpc) is 2.99. The lowest BCUT2D eigenvalue weighted by Crippen LogP contribution is -2.50. The van der Waals surface area contributed by atoms with Crippen molar-refractivity contribution in [2.45, 2.75) is 24.6 Å². The molecule has 0 aliphatic carbocycles. The smallest absolute Gasteiger partial charge is 0.326 e. The van der Waals surface area contributed by atoms with Gasteiger partial charge in [0.25, 0.3) is 11.8 Å². The van der Waals surface area contributed by atoms with Gasteiger partial charge in [-0.3, -0.25) is 9.59 Å². The highest BCUT2D eigenvalue weighted by molar-refractivity contribution is 6.03. The van der Waals surface area contributed by atoms with Gasteiger partial charge in [0, 0.05) is 12.0 Å². The number of aliphatic hydroxyl groups excluding tert-OH is 1. The molecule has 7 heteroatoms. The molecule has 4 N–H and O–H groups in total. The molecule has 5 aromatic rings. The van der Waals surface area contributed by atoms with Crippen LogP contribution in [-0.2, 0) is 16.0 Å². The van der Waals surface area contributed by atoms with E-state index in [0.29, 0.717) is 11.1 Å². The molecule has 0 saturated carbocycles. The number of amides is 2. The maximum absolute atomic E-state index is 13.3. The molecule has 0 fully saturated rings. The van der Waals surface area contributed by atoms with Crippen LogP contribution in [0.15, 0.2) is 115 Å². The number of benzene rings is 5. The van der Waals surface area contributed by atoms with Crippen LogP contribution < -0.4 is 10.6 Å². The van der Waals surface area contributed by atoms with Crippen molar-refractivity contribution in [1.82, 2.24) is 10.6 Å². The van der Waals surface area contributed by atoms with Gasteiger partial charge in [0.1, 0.15) is 6.04 Å². The molecule has 0 aliphatic rings. The van der Waals surface area contributed by atoms with E-state index in [1.165, 1.54) is 0 Å². The van der Waals surface area contributed by atoms with Crippen LogP contribution in [0.2, 0.25) is 0 Å². The average molecular weight is 533 g/mol. The maximum Gasteiger partial charge on any atom is 0.326 e. The van der Waals surface area contributed by atoms with Crippen LogP contribution in [-0.4, -0.2) is 40.1 Å². The lowest BCUT2D eigenvalue weighted by atomic mass is 9.92. The van der Waals surface area contributed by atoms with Gasteiger partial charge in [-0.1, -0.05) is 97.1 Å². The Bertz CT molecular complexity index is 1620. The number of nitrogens with one attached hydrogen (secondary N) is 2. The van der Waals surface area contributed by atoms with Crippen molar-refractivity contribution in [3.8, 4) is 0 Å². The zero-order valence-corrected chi connectivity index (χ0v) is 21.5. The van der Waals surface area contributed by atoms with E-state index in [-0.39, 0.29) is 6.42 Å². The zero-order valence-electron chi connectivity index (χ0n) is 21.5. The molecule has 0 spiro atoms. The van der Waals surface area contributed by atoms with Crippen LogP contribution in [0.1, 0.15) is 27.5 Å². The van der Waals surface area contributed by atoms with Crippen molar-refractivity contribution in [2.24, 2.45) is 0 Å². The summed E-state index contributed by atoms with van der Waals surface area (Å²) in [5.74, 6) is -2.61. The van der Waals surface area contributed by atoms with Crippen LogP contribution in [0.25, 0.3) is 21.5 Å². The topological polar surface area (TPSA) is 116 Å². The Kier molecular flexibility index (Phi) is 7.84. The van der Waals surface area contributed by atoms with E-state index in [2.05, 4.69) is 10.6 Å². The first-order valence-corrected chi connectivity index (χ1v) is 12.9. The van der Waals surface area contributed by atoms with E-state index in [9.17, 15) is 24.6 Å². The fraction of sp³-hybridized carbons (Fsp3) is 0.121. The molecule has 0 aromatic heterocycles. The van der Waals surface area contributed by atoms with Crippen molar-refractivity contribution in [3.05, 3.63) is 132 Å². The summed E-state index contributed by atoms with van der Waals surface area (Å²) >= 11 is 0. The summed E-state index contributed by atoms with van der Waals surface area (Å²) in [5, 5.41) is 30.2. The second kappa shape index (κ2) is 11.8. The molecule has 200 valence electrons. The number of fused-ring (bicyclic) bond motifs is 2. The summed E-state index contributed by atoms with van der Waals surface area (Å²) in [4.78, 5) is 38.6. The molecule has 3 atom stereocenters. The minimum absolute atomic E-state index is 0.00202. The van der Waals surface area contributed by atoms with Gasteiger partial charge in [-0.25, -0.2) is 4.79 Å². The molecule has 5 aromatic carbocycles. The molecule has 0 radical (unpaired) electrons. The minimum Gasteiger partial charge on any atom is -0.480 e. The third kappa shape index (κ3) is 5.70. The normalized spacial score (nSPS) is 13.3.